The Morgan fingerprint density at radius 3 is 1.50 bits per heavy atom. The maximum atomic E-state index is 10.6. The summed E-state index contributed by atoms with van der Waals surface area (Å²) >= 11 is 0. The fourth-order valence-corrected chi connectivity index (χ4v) is 6.19. The molecule has 0 atom stereocenters. The van der Waals surface area contributed by atoms with Gasteiger partial charge in [-0.1, -0.05) is 13.8 Å². The zero-order chi connectivity index (χ0) is 14.8. The highest BCUT2D eigenvalue weighted by Crippen LogP contribution is 2.75. The first-order chi connectivity index (χ1) is 9.08. The van der Waals surface area contributed by atoms with E-state index in [0.717, 1.165) is 19.3 Å². The van der Waals surface area contributed by atoms with Crippen LogP contribution in [-0.4, -0.2) is 17.0 Å². The van der Waals surface area contributed by atoms with Crippen molar-refractivity contribution in [1.29, 1.82) is 0 Å². The van der Waals surface area contributed by atoms with Crippen LogP contribution < -0.4 is 5.73 Å². The predicted molar refractivity (Wildman–Crippen MR) is 74.8 cm³/mol. The molecular formula is C16H25NO3. The highest BCUT2D eigenvalue weighted by atomic mass is 16.4. The molecular weight excluding hydrogens is 254 g/mol. The molecule has 3 N–H and O–H groups in total. The molecule has 20 heavy (non-hydrogen) atoms. The number of carboxylic acid groups (broad SMARTS) is 1. The average Bonchev–Trinajstić information content (AvgIpc) is 2.08. The Morgan fingerprint density at radius 2 is 1.25 bits per heavy atom. The van der Waals surface area contributed by atoms with Gasteiger partial charge in [0.2, 0.25) is 5.91 Å². The van der Waals surface area contributed by atoms with Crippen LogP contribution >= 0.6 is 0 Å². The van der Waals surface area contributed by atoms with Gasteiger partial charge < -0.3 is 10.8 Å². The molecule has 0 aromatic rings. The van der Waals surface area contributed by atoms with Crippen LogP contribution in [0.15, 0.2) is 0 Å². The molecule has 0 aliphatic heterocycles. The third kappa shape index (κ3) is 2.13. The van der Waals surface area contributed by atoms with Crippen molar-refractivity contribution in [1.82, 2.24) is 0 Å². The van der Waals surface area contributed by atoms with Gasteiger partial charge >= 0.3 is 5.97 Å². The molecule has 112 valence electrons. The predicted octanol–water partition coefficient (Wildman–Crippen LogP) is 2.70. The highest BCUT2D eigenvalue weighted by molar-refractivity contribution is 5.75. The molecule has 0 spiro atoms. The number of hydrogen-bond acceptors (Lipinski definition) is 2. The Bertz CT molecular complexity index is 399. The normalized spacial score (nSPS) is 49.3. The second kappa shape index (κ2) is 3.77. The fourth-order valence-electron chi connectivity index (χ4n) is 6.19. The third-order valence-corrected chi connectivity index (χ3v) is 5.89. The minimum atomic E-state index is -0.623. The molecule has 0 heterocycles. The molecule has 4 heteroatoms. The number of carboxylic acids is 1. The number of nitrogens with two attached hydrogens (primary N) is 1. The molecule has 0 radical (unpaired) electrons. The van der Waals surface area contributed by atoms with E-state index in [1.807, 2.05) is 0 Å². The maximum absolute atomic E-state index is 10.6. The van der Waals surface area contributed by atoms with Crippen molar-refractivity contribution in [2.75, 3.05) is 0 Å². The minimum Gasteiger partial charge on any atom is -0.481 e. The standard InChI is InChI=1S/C8H13NO.C8H12O2/c2*1-7-3-8(4-7,5-7)2-6(9)10/h2-5H2,1H3,(H2,9,10);2-5H2,1H3,(H,9,10). The van der Waals surface area contributed by atoms with Crippen molar-refractivity contribution in [2.45, 2.75) is 65.2 Å². The summed E-state index contributed by atoms with van der Waals surface area (Å²) in [6.07, 6.45) is 8.23. The van der Waals surface area contributed by atoms with Crippen LogP contribution in [0.3, 0.4) is 0 Å². The summed E-state index contributed by atoms with van der Waals surface area (Å²) in [6.45, 7) is 4.53. The lowest BCUT2D eigenvalue weighted by Gasteiger charge is -2.69. The van der Waals surface area contributed by atoms with E-state index in [2.05, 4.69) is 13.8 Å². The van der Waals surface area contributed by atoms with Gasteiger partial charge in [0.25, 0.3) is 0 Å². The van der Waals surface area contributed by atoms with E-state index >= 15 is 0 Å². The molecule has 6 fully saturated rings. The first-order valence-electron chi connectivity index (χ1n) is 7.58. The van der Waals surface area contributed by atoms with Crippen LogP contribution in [0.2, 0.25) is 0 Å². The number of carbonyl (C=O) groups is 2. The highest BCUT2D eigenvalue weighted by Gasteiger charge is 2.65. The minimum absolute atomic E-state index is 0.123. The lowest BCUT2D eigenvalue weighted by Crippen LogP contribution is -2.60. The summed E-state index contributed by atoms with van der Waals surface area (Å²) in [6, 6.07) is 0. The molecule has 6 aliphatic rings. The molecule has 1 amide bonds. The largest absolute Gasteiger partial charge is 0.481 e. The van der Waals surface area contributed by atoms with Crippen LogP contribution in [0, 0.1) is 21.7 Å². The molecule has 6 aliphatic carbocycles. The van der Waals surface area contributed by atoms with Gasteiger partial charge in [-0.25, -0.2) is 0 Å². The Balaban J connectivity index is 0.000000121. The quantitative estimate of drug-likeness (QED) is 0.830. The monoisotopic (exact) mass is 279 g/mol. The van der Waals surface area contributed by atoms with Gasteiger partial charge in [0, 0.05) is 6.42 Å². The van der Waals surface area contributed by atoms with Gasteiger partial charge in [-0.15, -0.1) is 0 Å². The molecule has 0 aromatic heterocycles. The maximum Gasteiger partial charge on any atom is 0.303 e. The summed E-state index contributed by atoms with van der Waals surface area (Å²) in [5, 5.41) is 8.52. The molecule has 0 aromatic carbocycles. The van der Waals surface area contributed by atoms with Gasteiger partial charge in [0.1, 0.15) is 0 Å². The number of hydrogen-bond donors (Lipinski definition) is 2. The number of rotatable bonds is 4. The van der Waals surface area contributed by atoms with Crippen molar-refractivity contribution in [3.63, 3.8) is 0 Å². The first kappa shape index (κ1) is 13.9. The zero-order valence-electron chi connectivity index (χ0n) is 12.5. The Morgan fingerprint density at radius 1 is 0.900 bits per heavy atom. The second-order valence-corrected chi connectivity index (χ2v) is 8.90. The van der Waals surface area contributed by atoms with Gasteiger partial charge in [0.15, 0.2) is 0 Å². The molecule has 4 bridgehead atoms. The van der Waals surface area contributed by atoms with E-state index in [1.165, 1.54) is 19.3 Å². The first-order valence-corrected chi connectivity index (χ1v) is 7.58. The summed E-state index contributed by atoms with van der Waals surface area (Å²) < 4.78 is 0. The Kier molecular flexibility index (Phi) is 2.62. The van der Waals surface area contributed by atoms with Crippen molar-refractivity contribution in [2.24, 2.45) is 27.4 Å². The van der Waals surface area contributed by atoms with Crippen LogP contribution in [0.5, 0.6) is 0 Å². The van der Waals surface area contributed by atoms with Gasteiger partial charge in [-0.3, -0.25) is 9.59 Å². The van der Waals surface area contributed by atoms with Gasteiger partial charge in [0.05, 0.1) is 6.42 Å². The number of amides is 1. The van der Waals surface area contributed by atoms with Crippen LogP contribution in [0.1, 0.15) is 65.2 Å². The molecule has 0 unspecified atom stereocenters. The zero-order valence-corrected chi connectivity index (χ0v) is 12.5. The van der Waals surface area contributed by atoms with E-state index in [9.17, 15) is 9.59 Å². The number of aliphatic carboxylic acids is 1. The van der Waals surface area contributed by atoms with E-state index in [0.29, 0.717) is 29.1 Å². The SMILES string of the molecule is CC12CC(CC(=O)O)(C1)C2.CC12CC(CC(N)=O)(C1)C2. The van der Waals surface area contributed by atoms with E-state index < -0.39 is 5.97 Å². The summed E-state index contributed by atoms with van der Waals surface area (Å²) in [5.41, 5.74) is 6.90. The summed E-state index contributed by atoms with van der Waals surface area (Å²) in [4.78, 5) is 20.9. The Labute approximate surface area is 120 Å². The van der Waals surface area contributed by atoms with Crippen molar-refractivity contribution in [3.8, 4) is 0 Å². The van der Waals surface area contributed by atoms with Gasteiger partial charge in [-0.05, 0) is 60.2 Å². The smallest absolute Gasteiger partial charge is 0.303 e. The molecule has 6 saturated carbocycles. The molecule has 0 saturated heterocycles. The molecule has 6 rings (SSSR count). The second-order valence-electron chi connectivity index (χ2n) is 8.90. The lowest BCUT2D eigenvalue weighted by atomic mass is 9.35. The van der Waals surface area contributed by atoms with E-state index in [1.54, 1.807) is 0 Å². The number of carbonyl (C=O) groups excluding carboxylic acids is 1. The van der Waals surface area contributed by atoms with Crippen molar-refractivity contribution >= 4 is 11.9 Å². The van der Waals surface area contributed by atoms with E-state index in [4.69, 9.17) is 10.8 Å². The van der Waals surface area contributed by atoms with Crippen LogP contribution in [0.4, 0.5) is 0 Å². The third-order valence-electron chi connectivity index (χ3n) is 5.89. The lowest BCUT2D eigenvalue weighted by molar-refractivity contribution is -0.201. The fraction of sp³-hybridized carbons (Fsp3) is 0.875. The van der Waals surface area contributed by atoms with Gasteiger partial charge in [-0.2, -0.15) is 0 Å². The summed E-state index contributed by atoms with van der Waals surface area (Å²) in [5.74, 6) is -0.747. The van der Waals surface area contributed by atoms with E-state index in [-0.39, 0.29) is 11.3 Å². The summed E-state index contributed by atoms with van der Waals surface area (Å²) in [7, 11) is 0. The topological polar surface area (TPSA) is 80.4 Å². The van der Waals surface area contributed by atoms with Crippen LogP contribution in [0.25, 0.3) is 0 Å². The van der Waals surface area contributed by atoms with Crippen LogP contribution in [-0.2, 0) is 9.59 Å². The van der Waals surface area contributed by atoms with Crippen molar-refractivity contribution in [3.05, 3.63) is 0 Å². The molecule has 4 nitrogen and oxygen atoms in total. The number of primary amides is 1. The van der Waals surface area contributed by atoms with Crippen molar-refractivity contribution < 1.29 is 14.7 Å². The average molecular weight is 279 g/mol. The Hall–Kier alpha value is -1.06.